The molecule has 1 aromatic heterocycles. The summed E-state index contributed by atoms with van der Waals surface area (Å²) >= 11 is 3.25. The third-order valence-corrected chi connectivity index (χ3v) is 2.77. The predicted molar refractivity (Wildman–Crippen MR) is 69.0 cm³/mol. The first-order valence-electron chi connectivity index (χ1n) is 5.18. The van der Waals surface area contributed by atoms with Gasteiger partial charge < -0.3 is 10.4 Å². The summed E-state index contributed by atoms with van der Waals surface area (Å²) in [7, 11) is 0. The number of phenols is 1. The minimum atomic E-state index is -0.354. The fourth-order valence-corrected chi connectivity index (χ4v) is 1.74. The molecule has 0 aliphatic carbocycles. The lowest BCUT2D eigenvalue weighted by Gasteiger charge is -2.06. The molecule has 2 rings (SSSR count). The van der Waals surface area contributed by atoms with Crippen molar-refractivity contribution >= 4 is 21.8 Å². The molecule has 0 saturated carbocycles. The molecule has 5 nitrogen and oxygen atoms in total. The van der Waals surface area contributed by atoms with Gasteiger partial charge in [-0.05, 0) is 24.3 Å². The van der Waals surface area contributed by atoms with Crippen molar-refractivity contribution in [3.63, 3.8) is 0 Å². The van der Waals surface area contributed by atoms with Gasteiger partial charge >= 0.3 is 0 Å². The minimum absolute atomic E-state index is 0.0570. The Morgan fingerprint density at radius 3 is 2.94 bits per heavy atom. The van der Waals surface area contributed by atoms with Crippen LogP contribution < -0.4 is 5.32 Å². The van der Waals surface area contributed by atoms with Crippen molar-refractivity contribution < 1.29 is 9.90 Å². The van der Waals surface area contributed by atoms with E-state index < -0.39 is 0 Å². The van der Waals surface area contributed by atoms with Crippen LogP contribution in [-0.2, 0) is 6.54 Å². The van der Waals surface area contributed by atoms with Gasteiger partial charge in [-0.1, -0.05) is 15.9 Å². The van der Waals surface area contributed by atoms with Crippen molar-refractivity contribution in [3.05, 3.63) is 52.5 Å². The molecule has 0 saturated heterocycles. The molecule has 0 aliphatic rings. The molecule has 0 spiro atoms. The first-order valence-corrected chi connectivity index (χ1v) is 5.98. The number of aromatic hydroxyl groups is 1. The van der Waals surface area contributed by atoms with Gasteiger partial charge in [0.25, 0.3) is 5.91 Å². The molecule has 0 atom stereocenters. The average Bonchev–Trinajstić information content (AvgIpc) is 2.40. The summed E-state index contributed by atoms with van der Waals surface area (Å²) in [5, 5.41) is 12.3. The molecule has 92 valence electrons. The van der Waals surface area contributed by atoms with E-state index in [4.69, 9.17) is 0 Å². The number of nitrogens with one attached hydrogen (secondary N) is 1. The Labute approximate surface area is 112 Å². The molecule has 2 aromatic rings. The van der Waals surface area contributed by atoms with E-state index in [9.17, 15) is 9.90 Å². The monoisotopic (exact) mass is 307 g/mol. The van der Waals surface area contributed by atoms with Crippen LogP contribution in [0.3, 0.4) is 0 Å². The fraction of sp³-hybridized carbons (Fsp3) is 0.0833. The highest BCUT2D eigenvalue weighted by Gasteiger charge is 2.11. The summed E-state index contributed by atoms with van der Waals surface area (Å²) < 4.78 is 0.729. The molecule has 18 heavy (non-hydrogen) atoms. The van der Waals surface area contributed by atoms with Gasteiger partial charge in [0.2, 0.25) is 0 Å². The molecule has 1 heterocycles. The van der Waals surface area contributed by atoms with Crippen LogP contribution in [0.5, 0.6) is 5.75 Å². The predicted octanol–water partition coefficient (Wildman–Crippen LogP) is 1.87. The zero-order valence-corrected chi connectivity index (χ0v) is 10.9. The molecular weight excluding hydrogens is 298 g/mol. The minimum Gasteiger partial charge on any atom is -0.507 e. The standard InChI is InChI=1S/C12H10BrN3O2/c13-8-1-2-11(17)10(5-8)12(18)15-6-9-3-4-14-7-16-9/h1-5,7,17H,6H2,(H,15,18). The van der Waals surface area contributed by atoms with Gasteiger partial charge in [-0.25, -0.2) is 9.97 Å². The van der Waals surface area contributed by atoms with E-state index in [1.807, 2.05) is 0 Å². The highest BCUT2D eigenvalue weighted by molar-refractivity contribution is 9.10. The van der Waals surface area contributed by atoms with Gasteiger partial charge in [0, 0.05) is 10.7 Å². The van der Waals surface area contributed by atoms with Crippen molar-refractivity contribution in [1.82, 2.24) is 15.3 Å². The second-order valence-corrected chi connectivity index (χ2v) is 4.46. The summed E-state index contributed by atoms with van der Waals surface area (Å²) in [5.74, 6) is -0.411. The lowest BCUT2D eigenvalue weighted by atomic mass is 10.2. The topological polar surface area (TPSA) is 75.1 Å². The van der Waals surface area contributed by atoms with Gasteiger partial charge in [0.15, 0.2) is 0 Å². The van der Waals surface area contributed by atoms with Crippen LogP contribution in [0.1, 0.15) is 16.1 Å². The van der Waals surface area contributed by atoms with Crippen LogP contribution in [0, 0.1) is 0 Å². The molecule has 0 unspecified atom stereocenters. The van der Waals surface area contributed by atoms with E-state index in [1.165, 1.54) is 12.4 Å². The number of carbonyl (C=O) groups is 1. The Morgan fingerprint density at radius 1 is 1.39 bits per heavy atom. The first kappa shape index (κ1) is 12.5. The van der Waals surface area contributed by atoms with Crippen LogP contribution in [0.15, 0.2) is 41.3 Å². The van der Waals surface area contributed by atoms with Gasteiger partial charge in [0.05, 0.1) is 17.8 Å². The summed E-state index contributed by atoms with van der Waals surface area (Å²) in [6.45, 7) is 0.285. The smallest absolute Gasteiger partial charge is 0.255 e. The zero-order valence-electron chi connectivity index (χ0n) is 9.30. The molecule has 0 fully saturated rings. The third kappa shape index (κ3) is 3.04. The highest BCUT2D eigenvalue weighted by atomic mass is 79.9. The third-order valence-electron chi connectivity index (χ3n) is 2.28. The number of aromatic nitrogens is 2. The van der Waals surface area contributed by atoms with Crippen molar-refractivity contribution in [2.45, 2.75) is 6.54 Å². The van der Waals surface area contributed by atoms with Crippen LogP contribution in [0.4, 0.5) is 0 Å². The Hall–Kier alpha value is -1.95. The van der Waals surface area contributed by atoms with Gasteiger partial charge in [-0.2, -0.15) is 0 Å². The van der Waals surface area contributed by atoms with E-state index in [1.54, 1.807) is 24.4 Å². The number of phenolic OH excluding ortho intramolecular Hbond substituents is 1. The van der Waals surface area contributed by atoms with Crippen molar-refractivity contribution in [1.29, 1.82) is 0 Å². The van der Waals surface area contributed by atoms with Crippen LogP contribution >= 0.6 is 15.9 Å². The zero-order chi connectivity index (χ0) is 13.0. The van der Waals surface area contributed by atoms with E-state index in [0.717, 1.165) is 4.47 Å². The molecule has 0 aliphatic heterocycles. The molecular formula is C12H10BrN3O2. The number of halogens is 1. The summed E-state index contributed by atoms with van der Waals surface area (Å²) in [5.41, 5.74) is 0.922. The quantitative estimate of drug-likeness (QED) is 0.908. The number of hydrogen-bond acceptors (Lipinski definition) is 4. The lowest BCUT2D eigenvalue weighted by molar-refractivity contribution is 0.0947. The van der Waals surface area contributed by atoms with Crippen LogP contribution in [-0.4, -0.2) is 21.0 Å². The molecule has 0 bridgehead atoms. The van der Waals surface area contributed by atoms with Crippen molar-refractivity contribution in [3.8, 4) is 5.75 Å². The number of nitrogens with zero attached hydrogens (tertiary/aromatic N) is 2. The lowest BCUT2D eigenvalue weighted by Crippen LogP contribution is -2.23. The molecule has 6 heteroatoms. The second-order valence-electron chi connectivity index (χ2n) is 3.54. The number of carbonyl (C=O) groups excluding carboxylic acids is 1. The van der Waals surface area contributed by atoms with Crippen LogP contribution in [0.2, 0.25) is 0 Å². The number of benzene rings is 1. The normalized spacial score (nSPS) is 10.1. The maximum absolute atomic E-state index is 11.9. The van der Waals surface area contributed by atoms with E-state index in [2.05, 4.69) is 31.2 Å². The van der Waals surface area contributed by atoms with Gasteiger partial charge in [-0.3, -0.25) is 4.79 Å². The van der Waals surface area contributed by atoms with Gasteiger partial charge in [-0.15, -0.1) is 0 Å². The summed E-state index contributed by atoms with van der Waals surface area (Å²) in [6.07, 6.45) is 3.02. The molecule has 2 N–H and O–H groups in total. The van der Waals surface area contributed by atoms with Gasteiger partial charge in [0.1, 0.15) is 12.1 Å². The SMILES string of the molecule is O=C(NCc1ccncn1)c1cc(Br)ccc1O. The maximum Gasteiger partial charge on any atom is 0.255 e. The average molecular weight is 308 g/mol. The Morgan fingerprint density at radius 2 is 2.22 bits per heavy atom. The van der Waals surface area contributed by atoms with Crippen molar-refractivity contribution in [2.24, 2.45) is 0 Å². The number of rotatable bonds is 3. The molecule has 1 aromatic carbocycles. The van der Waals surface area contributed by atoms with Crippen LogP contribution in [0.25, 0.3) is 0 Å². The van der Waals surface area contributed by atoms with E-state index in [0.29, 0.717) is 5.69 Å². The summed E-state index contributed by atoms with van der Waals surface area (Å²) in [6, 6.07) is 6.39. The van der Waals surface area contributed by atoms with E-state index >= 15 is 0 Å². The van der Waals surface area contributed by atoms with Crippen molar-refractivity contribution in [2.75, 3.05) is 0 Å². The maximum atomic E-state index is 11.9. The fourth-order valence-electron chi connectivity index (χ4n) is 1.38. The molecule has 1 amide bonds. The Bertz CT molecular complexity index is 561. The largest absolute Gasteiger partial charge is 0.507 e. The first-order chi connectivity index (χ1) is 8.66. The molecule has 0 radical (unpaired) electrons. The highest BCUT2D eigenvalue weighted by Crippen LogP contribution is 2.21. The van der Waals surface area contributed by atoms with E-state index in [-0.39, 0.29) is 23.8 Å². The number of hydrogen-bond donors (Lipinski definition) is 2. The summed E-state index contributed by atoms with van der Waals surface area (Å²) in [4.78, 5) is 19.6. The Kier molecular flexibility index (Phi) is 3.88. The number of amides is 1. The Balaban J connectivity index is 2.06. The second kappa shape index (κ2) is 5.59.